The lowest BCUT2D eigenvalue weighted by molar-refractivity contribution is -0.167. The second kappa shape index (κ2) is 60.1. The van der Waals surface area contributed by atoms with E-state index < -0.39 is 6.10 Å². The van der Waals surface area contributed by atoms with Gasteiger partial charge in [-0.15, -0.1) is 0 Å². The van der Waals surface area contributed by atoms with Gasteiger partial charge in [0.1, 0.15) is 13.2 Å². The summed E-state index contributed by atoms with van der Waals surface area (Å²) in [5, 5.41) is 0. The van der Waals surface area contributed by atoms with Crippen molar-refractivity contribution < 1.29 is 28.6 Å². The smallest absolute Gasteiger partial charge is 0.306 e. The van der Waals surface area contributed by atoms with Crippen molar-refractivity contribution in [1.29, 1.82) is 0 Å². The zero-order chi connectivity index (χ0) is 52.2. The van der Waals surface area contributed by atoms with Crippen LogP contribution in [0.15, 0.2) is 85.1 Å². The first-order valence-corrected chi connectivity index (χ1v) is 30.6. The molecule has 0 saturated carbocycles. The summed E-state index contributed by atoms with van der Waals surface area (Å²) < 4.78 is 16.9. The lowest BCUT2D eigenvalue weighted by Gasteiger charge is -2.18. The molecular weight excluding hydrogens is 889 g/mol. The third-order valence-electron chi connectivity index (χ3n) is 13.1. The van der Waals surface area contributed by atoms with Crippen LogP contribution in [0.25, 0.3) is 0 Å². The van der Waals surface area contributed by atoms with Gasteiger partial charge in [-0.3, -0.25) is 14.4 Å². The Hall–Kier alpha value is -3.41. The van der Waals surface area contributed by atoms with E-state index in [1.165, 1.54) is 148 Å². The van der Waals surface area contributed by atoms with Gasteiger partial charge < -0.3 is 14.2 Å². The highest BCUT2D eigenvalue weighted by molar-refractivity contribution is 5.71. The van der Waals surface area contributed by atoms with Crippen molar-refractivity contribution in [3.05, 3.63) is 85.1 Å². The zero-order valence-corrected chi connectivity index (χ0v) is 47.4. The molecule has 72 heavy (non-hydrogen) atoms. The highest BCUT2D eigenvalue weighted by Gasteiger charge is 2.19. The van der Waals surface area contributed by atoms with E-state index in [4.69, 9.17) is 14.2 Å². The zero-order valence-electron chi connectivity index (χ0n) is 47.4. The van der Waals surface area contributed by atoms with E-state index in [0.717, 1.165) is 109 Å². The third-order valence-corrected chi connectivity index (χ3v) is 13.1. The summed E-state index contributed by atoms with van der Waals surface area (Å²) >= 11 is 0. The second-order valence-corrected chi connectivity index (χ2v) is 20.2. The molecule has 0 aliphatic heterocycles. The number of ether oxygens (including phenoxy) is 3. The summed E-state index contributed by atoms with van der Waals surface area (Å²) in [6, 6.07) is 0. The van der Waals surface area contributed by atoms with Crippen LogP contribution in [-0.4, -0.2) is 37.2 Å². The Bertz CT molecular complexity index is 1380. The maximum atomic E-state index is 12.9. The van der Waals surface area contributed by atoms with Crippen molar-refractivity contribution in [1.82, 2.24) is 0 Å². The van der Waals surface area contributed by atoms with Crippen molar-refractivity contribution in [2.45, 2.75) is 303 Å². The molecule has 0 aromatic heterocycles. The van der Waals surface area contributed by atoms with E-state index in [2.05, 4.69) is 106 Å². The number of carbonyl (C=O) groups excluding carboxylic acids is 3. The molecule has 0 aliphatic rings. The lowest BCUT2D eigenvalue weighted by atomic mass is 10.0. The van der Waals surface area contributed by atoms with E-state index in [-0.39, 0.29) is 31.1 Å². The molecule has 0 radical (unpaired) electrons. The van der Waals surface area contributed by atoms with Gasteiger partial charge in [0.25, 0.3) is 0 Å². The van der Waals surface area contributed by atoms with Crippen molar-refractivity contribution in [2.75, 3.05) is 13.2 Å². The van der Waals surface area contributed by atoms with Crippen LogP contribution >= 0.6 is 0 Å². The van der Waals surface area contributed by atoms with Crippen LogP contribution in [0.3, 0.4) is 0 Å². The summed E-state index contributed by atoms with van der Waals surface area (Å²) in [7, 11) is 0. The molecule has 414 valence electrons. The quantitative estimate of drug-likeness (QED) is 0.0261. The van der Waals surface area contributed by atoms with Gasteiger partial charge in [-0.1, -0.05) is 273 Å². The van der Waals surface area contributed by atoms with Crippen LogP contribution in [0.1, 0.15) is 297 Å². The van der Waals surface area contributed by atoms with E-state index in [1.54, 1.807) is 0 Å². The number of hydrogen-bond donors (Lipinski definition) is 0. The van der Waals surface area contributed by atoms with Gasteiger partial charge in [0, 0.05) is 19.3 Å². The Morgan fingerprint density at radius 2 is 0.542 bits per heavy atom. The minimum atomic E-state index is -0.785. The van der Waals surface area contributed by atoms with E-state index in [1.807, 2.05) is 0 Å². The largest absolute Gasteiger partial charge is 0.462 e. The highest BCUT2D eigenvalue weighted by atomic mass is 16.6. The fraction of sp³-hybridized carbons (Fsp3) is 0.742. The summed E-state index contributed by atoms with van der Waals surface area (Å²) in [6.45, 7) is 6.43. The van der Waals surface area contributed by atoms with Crippen LogP contribution in [0.5, 0.6) is 0 Å². The third kappa shape index (κ3) is 57.5. The summed E-state index contributed by atoms with van der Waals surface area (Å²) in [5.41, 5.74) is 0. The number of hydrogen-bond acceptors (Lipinski definition) is 6. The molecule has 1 unspecified atom stereocenters. The number of rotatable bonds is 55. The normalized spacial score (nSPS) is 12.7. The predicted octanol–water partition coefficient (Wildman–Crippen LogP) is 20.7. The van der Waals surface area contributed by atoms with Crippen LogP contribution in [0.2, 0.25) is 0 Å². The van der Waals surface area contributed by atoms with Crippen LogP contribution in [0.4, 0.5) is 0 Å². The molecule has 0 aromatic carbocycles. The first-order chi connectivity index (χ1) is 35.5. The molecule has 0 heterocycles. The van der Waals surface area contributed by atoms with Gasteiger partial charge in [0.15, 0.2) is 6.10 Å². The van der Waals surface area contributed by atoms with Crippen molar-refractivity contribution in [3.8, 4) is 0 Å². The predicted molar refractivity (Wildman–Crippen MR) is 311 cm³/mol. The molecule has 0 N–H and O–H groups in total. The van der Waals surface area contributed by atoms with Gasteiger partial charge in [-0.05, 0) is 89.9 Å². The number of esters is 3. The fourth-order valence-electron chi connectivity index (χ4n) is 8.63. The van der Waals surface area contributed by atoms with Crippen molar-refractivity contribution in [3.63, 3.8) is 0 Å². The summed E-state index contributed by atoms with van der Waals surface area (Å²) in [5.74, 6) is -0.889. The molecular formula is C66H114O6. The Balaban J connectivity index is 4.40. The Labute approximate surface area is 445 Å². The molecule has 6 nitrogen and oxygen atoms in total. The number of unbranched alkanes of at least 4 members (excludes halogenated alkanes) is 30. The Morgan fingerprint density at radius 3 is 0.847 bits per heavy atom. The molecule has 0 aromatic rings. The molecule has 0 bridgehead atoms. The van der Waals surface area contributed by atoms with Crippen molar-refractivity contribution >= 4 is 17.9 Å². The average Bonchev–Trinajstić information content (AvgIpc) is 3.38. The maximum Gasteiger partial charge on any atom is 0.306 e. The molecule has 0 amide bonds. The van der Waals surface area contributed by atoms with E-state index >= 15 is 0 Å². The molecule has 0 spiro atoms. The summed E-state index contributed by atoms with van der Waals surface area (Å²) in [4.78, 5) is 38.3. The van der Waals surface area contributed by atoms with Gasteiger partial charge in [0.2, 0.25) is 0 Å². The van der Waals surface area contributed by atoms with E-state index in [0.29, 0.717) is 19.3 Å². The van der Waals surface area contributed by atoms with Crippen LogP contribution in [0, 0.1) is 0 Å². The van der Waals surface area contributed by atoms with Gasteiger partial charge in [-0.2, -0.15) is 0 Å². The first-order valence-electron chi connectivity index (χ1n) is 30.6. The van der Waals surface area contributed by atoms with Gasteiger partial charge in [0.05, 0.1) is 0 Å². The van der Waals surface area contributed by atoms with Crippen molar-refractivity contribution in [2.24, 2.45) is 0 Å². The van der Waals surface area contributed by atoms with Gasteiger partial charge in [-0.25, -0.2) is 0 Å². The average molecular weight is 1000 g/mol. The molecule has 1 atom stereocenters. The lowest BCUT2D eigenvalue weighted by Crippen LogP contribution is -2.30. The van der Waals surface area contributed by atoms with Gasteiger partial charge >= 0.3 is 17.9 Å². The minimum absolute atomic E-state index is 0.0809. The van der Waals surface area contributed by atoms with Crippen LogP contribution < -0.4 is 0 Å². The monoisotopic (exact) mass is 1000 g/mol. The fourth-order valence-corrected chi connectivity index (χ4v) is 8.63. The number of allylic oxidation sites excluding steroid dienone is 14. The maximum absolute atomic E-state index is 12.9. The Kier molecular flexibility index (Phi) is 57.3. The number of carbonyl (C=O) groups is 3. The molecule has 0 saturated heterocycles. The second-order valence-electron chi connectivity index (χ2n) is 20.2. The minimum Gasteiger partial charge on any atom is -0.462 e. The topological polar surface area (TPSA) is 78.9 Å². The molecule has 6 heteroatoms. The molecule has 0 fully saturated rings. The summed E-state index contributed by atoms with van der Waals surface area (Å²) in [6.07, 6.45) is 78.6. The van der Waals surface area contributed by atoms with Crippen LogP contribution in [-0.2, 0) is 28.6 Å². The molecule has 0 aliphatic carbocycles. The Morgan fingerprint density at radius 1 is 0.292 bits per heavy atom. The van der Waals surface area contributed by atoms with E-state index in [9.17, 15) is 14.4 Å². The first kappa shape index (κ1) is 68.6. The standard InChI is InChI=1S/C66H114O6/c1-4-7-10-13-16-19-22-25-28-31-33-35-38-41-44-47-50-53-56-59-65(68)71-62-63(61-70-64(67)58-55-52-49-46-43-40-37-30-27-24-21-18-15-12-9-6-3)72-66(69)60-57-54-51-48-45-42-39-36-34-32-29-26-23-20-17-14-11-8-5-2/h7-8,10-11,16-17,19-20,25-26,28-29,33,35,63H,4-6,9,12-15,18,21-24,27,30-32,34,36-62H2,1-3H3/b10-7-,11-8-,19-16-,20-17-,28-25-,29-26-,35-33-. The molecule has 0 rings (SSSR count). The highest BCUT2D eigenvalue weighted by Crippen LogP contribution is 2.16. The SMILES string of the molecule is CC/C=C\C/C=C\C/C=C\C/C=C\CCCCCCCCC(=O)OCC(COC(=O)CCCCCCCCCCCCCCCCCC)OC(=O)CCCCCCCCCCC/C=C\C/C=C\C/C=C\CC.